The molecular weight excluding hydrogens is 300 g/mol. The second kappa shape index (κ2) is 6.08. The number of aromatic nitrogens is 3. The van der Waals surface area contributed by atoms with E-state index in [-0.39, 0.29) is 0 Å². The van der Waals surface area contributed by atoms with Gasteiger partial charge in [-0.05, 0) is 43.9 Å². The molecule has 2 atom stereocenters. The van der Waals surface area contributed by atoms with Crippen molar-refractivity contribution in [3.05, 3.63) is 41.9 Å². The SMILES string of the molecule is Cc1ccnc(N2CCC3CCN(c4cc(C#N)ccn4)C3C2)n1. The second-order valence-electron chi connectivity index (χ2n) is 6.56. The van der Waals surface area contributed by atoms with Gasteiger partial charge >= 0.3 is 0 Å². The normalized spacial score (nSPS) is 23.0. The molecule has 2 aromatic rings. The standard InChI is InChI=1S/C18H20N6/c1-13-2-6-21-18(22-13)23-8-4-15-5-9-24(16(15)12-23)17-10-14(11-19)3-7-20-17/h2-3,6-7,10,15-16H,4-5,8-9,12H2,1H3. The van der Waals surface area contributed by atoms with E-state index >= 15 is 0 Å². The van der Waals surface area contributed by atoms with Gasteiger partial charge in [0.1, 0.15) is 5.82 Å². The van der Waals surface area contributed by atoms with Crippen molar-refractivity contribution in [1.82, 2.24) is 15.0 Å². The number of hydrogen-bond donors (Lipinski definition) is 0. The van der Waals surface area contributed by atoms with Crippen molar-refractivity contribution in [3.8, 4) is 6.07 Å². The van der Waals surface area contributed by atoms with Gasteiger partial charge in [-0.3, -0.25) is 0 Å². The molecule has 24 heavy (non-hydrogen) atoms. The minimum Gasteiger partial charge on any atom is -0.352 e. The van der Waals surface area contributed by atoms with Gasteiger partial charge in [0.2, 0.25) is 5.95 Å². The summed E-state index contributed by atoms with van der Waals surface area (Å²) in [5, 5.41) is 9.13. The largest absolute Gasteiger partial charge is 0.352 e. The van der Waals surface area contributed by atoms with Gasteiger partial charge in [0.25, 0.3) is 0 Å². The van der Waals surface area contributed by atoms with E-state index in [0.717, 1.165) is 43.5 Å². The average molecular weight is 320 g/mol. The van der Waals surface area contributed by atoms with Gasteiger partial charge in [-0.1, -0.05) is 0 Å². The van der Waals surface area contributed by atoms with Crippen molar-refractivity contribution in [3.63, 3.8) is 0 Å². The van der Waals surface area contributed by atoms with Crippen molar-refractivity contribution < 1.29 is 0 Å². The van der Waals surface area contributed by atoms with Crippen LogP contribution in [-0.2, 0) is 0 Å². The average Bonchev–Trinajstić information content (AvgIpc) is 3.05. The van der Waals surface area contributed by atoms with E-state index in [9.17, 15) is 0 Å². The third-order valence-electron chi connectivity index (χ3n) is 5.10. The van der Waals surface area contributed by atoms with Crippen molar-refractivity contribution in [2.75, 3.05) is 29.4 Å². The number of pyridine rings is 1. The van der Waals surface area contributed by atoms with E-state index < -0.39 is 0 Å². The van der Waals surface area contributed by atoms with E-state index in [1.165, 1.54) is 6.42 Å². The number of nitriles is 1. The summed E-state index contributed by atoms with van der Waals surface area (Å²) < 4.78 is 0. The molecule has 2 aliphatic rings. The van der Waals surface area contributed by atoms with Crippen LogP contribution >= 0.6 is 0 Å². The first kappa shape index (κ1) is 14.9. The second-order valence-corrected chi connectivity index (χ2v) is 6.56. The molecule has 2 unspecified atom stereocenters. The Morgan fingerprint density at radius 3 is 2.83 bits per heavy atom. The van der Waals surface area contributed by atoms with Crippen LogP contribution in [0.1, 0.15) is 24.1 Å². The lowest BCUT2D eigenvalue weighted by atomic mass is 9.92. The van der Waals surface area contributed by atoms with E-state index in [1.807, 2.05) is 25.3 Å². The zero-order valence-electron chi connectivity index (χ0n) is 13.8. The molecule has 0 aliphatic carbocycles. The van der Waals surface area contributed by atoms with E-state index in [0.29, 0.717) is 17.5 Å². The molecule has 6 heteroatoms. The number of hydrogen-bond acceptors (Lipinski definition) is 6. The van der Waals surface area contributed by atoms with Crippen LogP contribution in [0.25, 0.3) is 0 Å². The first-order valence-electron chi connectivity index (χ1n) is 8.42. The van der Waals surface area contributed by atoms with Crippen LogP contribution in [0.3, 0.4) is 0 Å². The zero-order chi connectivity index (χ0) is 16.5. The minimum absolute atomic E-state index is 0.407. The van der Waals surface area contributed by atoms with E-state index in [1.54, 1.807) is 12.3 Å². The predicted molar refractivity (Wildman–Crippen MR) is 91.8 cm³/mol. The molecule has 0 bridgehead atoms. The summed E-state index contributed by atoms with van der Waals surface area (Å²) in [6.45, 7) is 4.91. The van der Waals surface area contributed by atoms with Crippen molar-refractivity contribution in [1.29, 1.82) is 5.26 Å². The Balaban J connectivity index is 1.58. The highest BCUT2D eigenvalue weighted by molar-refractivity contribution is 5.48. The van der Waals surface area contributed by atoms with Crippen LogP contribution in [0.5, 0.6) is 0 Å². The minimum atomic E-state index is 0.407. The lowest BCUT2D eigenvalue weighted by Gasteiger charge is -2.38. The number of aryl methyl sites for hydroxylation is 1. The fourth-order valence-corrected chi connectivity index (χ4v) is 3.84. The van der Waals surface area contributed by atoms with Crippen LogP contribution in [0, 0.1) is 24.2 Å². The molecular formula is C18H20N6. The van der Waals surface area contributed by atoms with Gasteiger partial charge in [0.15, 0.2) is 0 Å². The lowest BCUT2D eigenvalue weighted by Crippen LogP contribution is -2.49. The molecule has 4 heterocycles. The fraction of sp³-hybridized carbons (Fsp3) is 0.444. The Bertz CT molecular complexity index is 783. The van der Waals surface area contributed by atoms with Gasteiger partial charge in [0, 0.05) is 37.7 Å². The molecule has 2 aromatic heterocycles. The van der Waals surface area contributed by atoms with Gasteiger partial charge in [0.05, 0.1) is 17.7 Å². The van der Waals surface area contributed by atoms with Gasteiger partial charge in [-0.2, -0.15) is 5.26 Å². The maximum Gasteiger partial charge on any atom is 0.225 e. The summed E-state index contributed by atoms with van der Waals surface area (Å²) in [6.07, 6.45) is 5.89. The van der Waals surface area contributed by atoms with Crippen molar-refractivity contribution >= 4 is 11.8 Å². The Hall–Kier alpha value is -2.68. The summed E-state index contributed by atoms with van der Waals surface area (Å²) in [5.74, 6) is 2.41. The maximum atomic E-state index is 9.13. The van der Waals surface area contributed by atoms with Crippen LogP contribution in [0.4, 0.5) is 11.8 Å². The molecule has 0 amide bonds. The van der Waals surface area contributed by atoms with Crippen LogP contribution < -0.4 is 9.80 Å². The molecule has 6 nitrogen and oxygen atoms in total. The van der Waals surface area contributed by atoms with Gasteiger partial charge < -0.3 is 9.80 Å². The topological polar surface area (TPSA) is 68.9 Å². The van der Waals surface area contributed by atoms with E-state index in [4.69, 9.17) is 5.26 Å². The van der Waals surface area contributed by atoms with Crippen molar-refractivity contribution in [2.24, 2.45) is 5.92 Å². The van der Waals surface area contributed by atoms with Crippen LogP contribution in [-0.4, -0.2) is 40.6 Å². The summed E-state index contributed by atoms with van der Waals surface area (Å²) in [7, 11) is 0. The molecule has 0 aromatic carbocycles. The summed E-state index contributed by atoms with van der Waals surface area (Å²) >= 11 is 0. The summed E-state index contributed by atoms with van der Waals surface area (Å²) in [4.78, 5) is 18.1. The molecule has 4 rings (SSSR count). The first-order valence-corrected chi connectivity index (χ1v) is 8.42. The quantitative estimate of drug-likeness (QED) is 0.844. The third-order valence-corrected chi connectivity index (χ3v) is 5.10. The zero-order valence-corrected chi connectivity index (χ0v) is 13.8. The molecule has 0 spiro atoms. The van der Waals surface area contributed by atoms with E-state index in [2.05, 4.69) is 30.8 Å². The fourth-order valence-electron chi connectivity index (χ4n) is 3.84. The Labute approximate surface area is 141 Å². The monoisotopic (exact) mass is 320 g/mol. The Kier molecular flexibility index (Phi) is 3.77. The molecule has 0 radical (unpaired) electrons. The smallest absolute Gasteiger partial charge is 0.225 e. The number of fused-ring (bicyclic) bond motifs is 1. The Morgan fingerprint density at radius 1 is 1.17 bits per heavy atom. The number of piperidine rings is 1. The predicted octanol–water partition coefficient (Wildman–Crippen LogP) is 2.16. The Morgan fingerprint density at radius 2 is 2.00 bits per heavy atom. The van der Waals surface area contributed by atoms with Crippen molar-refractivity contribution in [2.45, 2.75) is 25.8 Å². The molecule has 2 aliphatic heterocycles. The van der Waals surface area contributed by atoms with Crippen LogP contribution in [0.2, 0.25) is 0 Å². The summed E-state index contributed by atoms with van der Waals surface area (Å²) in [6, 6.07) is 8.19. The number of rotatable bonds is 2. The molecule has 122 valence electrons. The van der Waals surface area contributed by atoms with Crippen LogP contribution in [0.15, 0.2) is 30.6 Å². The summed E-state index contributed by atoms with van der Waals surface area (Å²) in [5.41, 5.74) is 1.66. The number of anilines is 2. The first-order chi connectivity index (χ1) is 11.7. The highest BCUT2D eigenvalue weighted by atomic mass is 15.3. The lowest BCUT2D eigenvalue weighted by molar-refractivity contribution is 0.386. The maximum absolute atomic E-state index is 9.13. The van der Waals surface area contributed by atoms with Gasteiger partial charge in [-0.15, -0.1) is 0 Å². The molecule has 2 saturated heterocycles. The number of nitrogens with zero attached hydrogens (tertiary/aromatic N) is 6. The molecule has 2 fully saturated rings. The van der Waals surface area contributed by atoms with Gasteiger partial charge in [-0.25, -0.2) is 15.0 Å². The molecule has 0 N–H and O–H groups in total. The highest BCUT2D eigenvalue weighted by Crippen LogP contribution is 2.35. The highest BCUT2D eigenvalue weighted by Gasteiger charge is 2.39. The third kappa shape index (κ3) is 2.67. The molecule has 0 saturated carbocycles.